The number of carbonyl (C=O) groups is 3. The molecule has 33 nitrogen and oxygen atoms in total. The van der Waals surface area contributed by atoms with E-state index in [0.29, 0.717) is 72.3 Å². The van der Waals surface area contributed by atoms with Crippen molar-refractivity contribution < 1.29 is 28.6 Å². The summed E-state index contributed by atoms with van der Waals surface area (Å²) in [6.07, 6.45) is 25.6. The summed E-state index contributed by atoms with van der Waals surface area (Å²) in [6, 6.07) is 26.5. The standard InChI is InChI=1S/3C30H37N9O2/c3*1-5-38-16-23(14-32-38)33-29-31-10-8-26(34-29)21-6-7-25-20(9-11-37(15-22(25)12-21)24-18-41-19-24)13-28(40)27-17-39(36-35-27)30(2,3)4/h3*6-8,10,12,14,16-17,20,24H,5,9,11,13,15,18-19H2,1-4H3,(H,31,33,34)/t2*20-;/m10./s1. The highest BCUT2D eigenvalue weighted by molar-refractivity contribution is 5.95. The predicted molar refractivity (Wildman–Crippen MR) is 465 cm³/mol. The van der Waals surface area contributed by atoms with Crippen LogP contribution in [0.25, 0.3) is 33.8 Å². The number of Topliss-reactive ketones (excluding diaryl/α,β-unsaturated/α-hetero) is 3. The average Bonchev–Trinajstić information content (AvgIpc) is 1.64. The molecule has 6 aliphatic rings. The van der Waals surface area contributed by atoms with Crippen LogP contribution in [-0.2, 0) is 70.1 Å². The second-order valence-electron chi connectivity index (χ2n) is 35.6. The zero-order valence-corrected chi connectivity index (χ0v) is 72.4. The lowest BCUT2D eigenvalue weighted by atomic mass is 9.87. The van der Waals surface area contributed by atoms with Crippen molar-refractivity contribution in [1.82, 2.24) is 119 Å². The summed E-state index contributed by atoms with van der Waals surface area (Å²) in [5.41, 5.74) is 16.0. The lowest BCUT2D eigenvalue weighted by Gasteiger charge is -2.36. The quantitative estimate of drug-likeness (QED) is 0.0473. The minimum atomic E-state index is -0.226. The molecular formula is C90H111N27O6. The SMILES string of the molecule is CCn1cc(Nc2nccc(-c3ccc4c(c3)CN(C3COC3)CCC4CC(=O)c3cn(C(C)(C)C)nn3)n2)cn1.CCn1cc(Nc2nccc(-c3ccc4c(c3)CN(C3COC3)CC[C@@H]4CC(=O)c3cn(C(C)(C)C)nn3)n2)cn1.CCn1cc(Nc2nccc(-c3ccc4c(c3)CN(C3COC3)CC[C@H]4CC(=O)c3cn(C(C)(C)C)nn3)n2)cn1. The highest BCUT2D eigenvalue weighted by Gasteiger charge is 2.37. The number of rotatable bonds is 24. The molecule has 12 aromatic rings. The molecule has 6 aliphatic heterocycles. The summed E-state index contributed by atoms with van der Waals surface area (Å²) in [7, 11) is 0. The van der Waals surface area contributed by atoms with Gasteiger partial charge in [-0.3, -0.25) is 43.1 Å². The summed E-state index contributed by atoms with van der Waals surface area (Å²) in [5, 5.41) is 47.9. The van der Waals surface area contributed by atoms with Gasteiger partial charge in [-0.2, -0.15) is 15.3 Å². The van der Waals surface area contributed by atoms with Crippen LogP contribution in [0.5, 0.6) is 0 Å². The number of nitrogens with zero attached hydrogens (tertiary/aromatic N) is 24. The van der Waals surface area contributed by atoms with E-state index in [1.54, 1.807) is 69.8 Å². The van der Waals surface area contributed by atoms with Gasteiger partial charge in [-0.15, -0.1) is 15.3 Å². The number of ether oxygens (including phenoxy) is 3. The average molecular weight is 1670 g/mol. The number of hydrogen-bond donors (Lipinski definition) is 3. The third kappa shape index (κ3) is 20.3. The van der Waals surface area contributed by atoms with Crippen LogP contribution in [0.3, 0.4) is 0 Å². The van der Waals surface area contributed by atoms with E-state index in [1.807, 2.05) is 134 Å². The van der Waals surface area contributed by atoms with Crippen molar-refractivity contribution in [2.45, 2.75) is 213 Å². The smallest absolute Gasteiger partial charge is 0.227 e. The summed E-state index contributed by atoms with van der Waals surface area (Å²) in [6.45, 7) is 36.7. The van der Waals surface area contributed by atoms with E-state index in [4.69, 9.17) is 29.2 Å². The van der Waals surface area contributed by atoms with E-state index in [1.165, 1.54) is 33.4 Å². The van der Waals surface area contributed by atoms with Gasteiger partial charge in [0.1, 0.15) is 17.1 Å². The maximum absolute atomic E-state index is 13.4. The Hall–Kier alpha value is -11.9. The first-order valence-electron chi connectivity index (χ1n) is 42.9. The van der Waals surface area contributed by atoms with Gasteiger partial charge in [0.25, 0.3) is 0 Å². The predicted octanol–water partition coefficient (Wildman–Crippen LogP) is 13.2. The molecular weight excluding hydrogens is 1560 g/mol. The second kappa shape index (κ2) is 36.7. The number of fused-ring (bicyclic) bond motifs is 3. The highest BCUT2D eigenvalue weighted by Crippen LogP contribution is 2.41. The number of nitrogens with one attached hydrogen (secondary N) is 3. The fourth-order valence-electron chi connectivity index (χ4n) is 16.2. The fourth-order valence-corrected chi connectivity index (χ4v) is 16.2. The van der Waals surface area contributed by atoms with Crippen LogP contribution in [0.2, 0.25) is 0 Å². The Kier molecular flexibility index (Phi) is 25.2. The van der Waals surface area contributed by atoms with Crippen molar-refractivity contribution in [3.63, 3.8) is 0 Å². The molecule has 3 atom stereocenters. The normalized spacial score (nSPS) is 18.0. The molecule has 15 heterocycles. The van der Waals surface area contributed by atoms with Gasteiger partial charge in [-0.1, -0.05) is 52.0 Å². The first kappa shape index (κ1) is 84.7. The molecule has 0 saturated carbocycles. The van der Waals surface area contributed by atoms with Gasteiger partial charge in [0.15, 0.2) is 17.3 Å². The van der Waals surface area contributed by atoms with E-state index in [0.717, 1.165) is 169 Å². The van der Waals surface area contributed by atoms with Crippen LogP contribution in [0.4, 0.5) is 34.9 Å². The lowest BCUT2D eigenvalue weighted by Crippen LogP contribution is -2.48. The number of aromatic nitrogens is 21. The van der Waals surface area contributed by atoms with Gasteiger partial charge in [0, 0.05) is 112 Å². The maximum atomic E-state index is 13.4. The molecule has 123 heavy (non-hydrogen) atoms. The van der Waals surface area contributed by atoms with Crippen LogP contribution in [0.1, 0.15) is 204 Å². The fraction of sp³-hybridized carbons (Fsp3) is 0.467. The maximum Gasteiger partial charge on any atom is 0.227 e. The first-order chi connectivity index (χ1) is 59.3. The molecule has 3 fully saturated rings. The minimum absolute atomic E-state index is 0.0267. The molecule has 9 aromatic heterocycles. The molecule has 0 amide bonds. The number of carbonyl (C=O) groups excluding carboxylic acids is 3. The van der Waals surface area contributed by atoms with E-state index in [9.17, 15) is 14.4 Å². The number of hydrogen-bond acceptors (Lipinski definition) is 27. The lowest BCUT2D eigenvalue weighted by molar-refractivity contribution is -0.0677. The molecule has 642 valence electrons. The Bertz CT molecular complexity index is 5140. The molecule has 3 N–H and O–H groups in total. The first-order valence-corrected chi connectivity index (χ1v) is 42.9. The minimum Gasteiger partial charge on any atom is -0.378 e. The van der Waals surface area contributed by atoms with Crippen molar-refractivity contribution in [3.8, 4) is 33.8 Å². The highest BCUT2D eigenvalue weighted by atomic mass is 16.5. The Morgan fingerprint density at radius 2 is 0.675 bits per heavy atom. The van der Waals surface area contributed by atoms with Gasteiger partial charge in [0.2, 0.25) is 17.8 Å². The topological polar surface area (TPSA) is 348 Å². The summed E-state index contributed by atoms with van der Waals surface area (Å²) in [4.78, 5) is 75.2. The molecule has 1 unspecified atom stereocenters. The largest absolute Gasteiger partial charge is 0.378 e. The Morgan fingerprint density at radius 3 is 0.911 bits per heavy atom. The second-order valence-corrected chi connectivity index (χ2v) is 35.6. The van der Waals surface area contributed by atoms with Gasteiger partial charge in [-0.25, -0.2) is 43.9 Å². The Balaban J connectivity index is 0.000000137. The molecule has 0 spiro atoms. The van der Waals surface area contributed by atoms with E-state index in [2.05, 4.69) is 146 Å². The van der Waals surface area contributed by atoms with Gasteiger partial charge in [0.05, 0.1) is 146 Å². The Morgan fingerprint density at radius 1 is 0.390 bits per heavy atom. The van der Waals surface area contributed by atoms with E-state index >= 15 is 0 Å². The molecule has 18 rings (SSSR count). The third-order valence-electron chi connectivity index (χ3n) is 23.8. The summed E-state index contributed by atoms with van der Waals surface area (Å²) in [5.74, 6) is 1.92. The molecule has 0 aliphatic carbocycles. The third-order valence-corrected chi connectivity index (χ3v) is 23.8. The van der Waals surface area contributed by atoms with Crippen molar-refractivity contribution in [2.75, 3.05) is 75.2 Å². The van der Waals surface area contributed by atoms with Crippen LogP contribution in [0, 0.1) is 0 Å². The molecule has 33 heteroatoms. The number of ketones is 3. The monoisotopic (exact) mass is 1670 g/mol. The van der Waals surface area contributed by atoms with Crippen LogP contribution >= 0.6 is 0 Å². The zero-order valence-electron chi connectivity index (χ0n) is 72.4. The van der Waals surface area contributed by atoms with Crippen molar-refractivity contribution in [1.29, 1.82) is 0 Å². The number of anilines is 6. The van der Waals surface area contributed by atoms with E-state index in [-0.39, 0.29) is 51.7 Å². The van der Waals surface area contributed by atoms with Crippen LogP contribution in [-0.4, -0.2) is 214 Å². The van der Waals surface area contributed by atoms with Crippen LogP contribution < -0.4 is 16.0 Å². The molecule has 3 aromatic carbocycles. The Labute approximate surface area is 716 Å². The van der Waals surface area contributed by atoms with Crippen LogP contribution in [0.15, 0.2) is 147 Å². The number of aryl methyl sites for hydroxylation is 3. The van der Waals surface area contributed by atoms with Gasteiger partial charge in [-0.05, 0) is 210 Å². The van der Waals surface area contributed by atoms with Gasteiger partial charge >= 0.3 is 0 Å². The van der Waals surface area contributed by atoms with E-state index < -0.39 is 0 Å². The number of benzene rings is 3. The molecule has 0 bridgehead atoms. The van der Waals surface area contributed by atoms with Crippen molar-refractivity contribution in [3.05, 3.63) is 198 Å². The molecule has 0 radical (unpaired) electrons. The summed E-state index contributed by atoms with van der Waals surface area (Å²) < 4.78 is 27.4. The van der Waals surface area contributed by atoms with Gasteiger partial charge < -0.3 is 30.2 Å². The molecule has 3 saturated heterocycles. The summed E-state index contributed by atoms with van der Waals surface area (Å²) >= 11 is 0. The zero-order chi connectivity index (χ0) is 85.7. The van der Waals surface area contributed by atoms with Crippen molar-refractivity contribution in [2.24, 2.45) is 0 Å². The van der Waals surface area contributed by atoms with Crippen molar-refractivity contribution >= 4 is 52.3 Å².